The van der Waals surface area contributed by atoms with E-state index in [4.69, 9.17) is 4.74 Å². The molecule has 0 unspecified atom stereocenters. The van der Waals surface area contributed by atoms with Crippen LogP contribution in [0.4, 0.5) is 11.4 Å². The van der Waals surface area contributed by atoms with Crippen molar-refractivity contribution >= 4 is 17.3 Å². The van der Waals surface area contributed by atoms with Gasteiger partial charge in [0.2, 0.25) is 0 Å². The molecule has 246 valence electrons. The molecule has 1 aromatic carbocycles. The molecule has 45 heavy (non-hydrogen) atoms. The molecule has 5 aliphatic carbocycles. The molecule has 0 spiro atoms. The van der Waals surface area contributed by atoms with Crippen molar-refractivity contribution in [3.63, 3.8) is 0 Å². The molecule has 8 nitrogen and oxygen atoms in total. The largest absolute Gasteiger partial charge is 0.458 e. The average molecular weight is 621 g/mol. The standard InChI is InChI=1S/C37H52N2O6/c1-22-11-14-34(5)17-18-36(7)27(31(34)23(22)2)9-10-29-35(6)15-13-30(33(3,4)28(35)12-16-37(29,36)8)45-32(40)24-19-25(38(41)42)21-26(20-24)39(43)44/h9,19-23,28-31H,10-18H2,1-8H3/t22-,23+,28+,29-,30+,31-,34+,35-,36-,37-/m1/s1. The lowest BCUT2D eigenvalue weighted by molar-refractivity contribution is -0.394. The van der Waals surface area contributed by atoms with Gasteiger partial charge in [-0.3, -0.25) is 20.2 Å². The summed E-state index contributed by atoms with van der Waals surface area (Å²) < 4.78 is 6.12. The van der Waals surface area contributed by atoms with Crippen LogP contribution < -0.4 is 0 Å². The van der Waals surface area contributed by atoms with E-state index < -0.39 is 27.2 Å². The minimum absolute atomic E-state index is 0.0843. The first-order valence-corrected chi connectivity index (χ1v) is 17.2. The normalized spacial score (nSPS) is 43.4. The lowest BCUT2D eigenvalue weighted by Gasteiger charge is -2.71. The molecular weight excluding hydrogens is 568 g/mol. The van der Waals surface area contributed by atoms with E-state index in [1.54, 1.807) is 5.57 Å². The Hall–Kier alpha value is -2.77. The third kappa shape index (κ3) is 4.54. The fraction of sp³-hybridized carbons (Fsp3) is 0.757. The number of allylic oxidation sites excluding steroid dienone is 2. The Morgan fingerprint density at radius 1 is 0.822 bits per heavy atom. The summed E-state index contributed by atoms with van der Waals surface area (Å²) in [6, 6.07) is 3.03. The maximum Gasteiger partial charge on any atom is 0.338 e. The summed E-state index contributed by atoms with van der Waals surface area (Å²) in [6.45, 7) is 19.7. The van der Waals surface area contributed by atoms with Crippen LogP contribution in [0.15, 0.2) is 29.8 Å². The van der Waals surface area contributed by atoms with E-state index >= 15 is 0 Å². The van der Waals surface area contributed by atoms with Crippen molar-refractivity contribution < 1.29 is 19.4 Å². The summed E-state index contributed by atoms with van der Waals surface area (Å²) in [7, 11) is 0. The summed E-state index contributed by atoms with van der Waals surface area (Å²) in [5.41, 5.74) is 1.20. The van der Waals surface area contributed by atoms with Gasteiger partial charge in [-0.1, -0.05) is 67.0 Å². The zero-order valence-electron chi connectivity index (χ0n) is 28.5. The van der Waals surface area contributed by atoms with Crippen LogP contribution in [0.3, 0.4) is 0 Å². The van der Waals surface area contributed by atoms with E-state index in [1.165, 1.54) is 25.7 Å². The highest BCUT2D eigenvalue weighted by atomic mass is 16.6. The molecule has 0 amide bonds. The van der Waals surface area contributed by atoms with Crippen LogP contribution >= 0.6 is 0 Å². The van der Waals surface area contributed by atoms with Gasteiger partial charge in [0, 0.05) is 17.5 Å². The third-order valence-electron chi connectivity index (χ3n) is 15.1. The van der Waals surface area contributed by atoms with Gasteiger partial charge in [0.1, 0.15) is 6.10 Å². The molecule has 0 aliphatic heterocycles. The smallest absolute Gasteiger partial charge is 0.338 e. The van der Waals surface area contributed by atoms with E-state index in [0.717, 1.165) is 49.8 Å². The number of nitro groups is 2. The number of nitro benzene ring substituents is 2. The second-order valence-corrected chi connectivity index (χ2v) is 17.3. The summed E-state index contributed by atoms with van der Waals surface area (Å²) >= 11 is 0. The van der Waals surface area contributed by atoms with Gasteiger partial charge in [-0.05, 0) is 109 Å². The number of hydrogen-bond donors (Lipinski definition) is 0. The predicted octanol–water partition coefficient (Wildman–Crippen LogP) is 9.71. The molecule has 0 saturated heterocycles. The Morgan fingerprint density at radius 3 is 2.09 bits per heavy atom. The highest BCUT2D eigenvalue weighted by Crippen LogP contribution is 2.75. The molecule has 0 aromatic heterocycles. The number of non-ortho nitro benzene ring substituents is 2. The van der Waals surface area contributed by atoms with Crippen LogP contribution in [0.2, 0.25) is 0 Å². The molecule has 4 fully saturated rings. The van der Waals surface area contributed by atoms with E-state index in [-0.39, 0.29) is 33.3 Å². The van der Waals surface area contributed by atoms with Crippen LogP contribution in [0, 0.1) is 76.9 Å². The molecule has 0 bridgehead atoms. The summed E-state index contributed by atoms with van der Waals surface area (Å²) in [6.07, 6.45) is 12.6. The number of carbonyl (C=O) groups excluding carboxylic acids is 1. The lowest BCUT2D eigenvalue weighted by Crippen LogP contribution is -2.65. The zero-order valence-corrected chi connectivity index (χ0v) is 28.5. The van der Waals surface area contributed by atoms with Crippen molar-refractivity contribution in [2.45, 2.75) is 119 Å². The van der Waals surface area contributed by atoms with Crippen molar-refractivity contribution in [2.75, 3.05) is 0 Å². The number of benzene rings is 1. The highest BCUT2D eigenvalue weighted by molar-refractivity contribution is 5.91. The molecule has 0 radical (unpaired) electrons. The fourth-order valence-electron chi connectivity index (χ4n) is 12.2. The lowest BCUT2D eigenvalue weighted by atomic mass is 9.33. The van der Waals surface area contributed by atoms with Crippen molar-refractivity contribution in [2.24, 2.45) is 56.7 Å². The van der Waals surface area contributed by atoms with Gasteiger partial charge in [-0.2, -0.15) is 0 Å². The summed E-state index contributed by atoms with van der Waals surface area (Å²) in [5, 5.41) is 22.9. The molecule has 4 saturated carbocycles. The second-order valence-electron chi connectivity index (χ2n) is 17.3. The molecular formula is C37H52N2O6. The maximum absolute atomic E-state index is 13.4. The second kappa shape index (κ2) is 10.4. The van der Waals surface area contributed by atoms with Crippen molar-refractivity contribution in [3.05, 3.63) is 55.6 Å². The molecule has 10 atom stereocenters. The topological polar surface area (TPSA) is 113 Å². The highest BCUT2D eigenvalue weighted by Gasteiger charge is 2.68. The number of nitrogens with zero attached hydrogens (tertiary/aromatic N) is 2. The zero-order chi connectivity index (χ0) is 32.9. The van der Waals surface area contributed by atoms with E-state index in [2.05, 4.69) is 61.5 Å². The monoisotopic (exact) mass is 620 g/mol. The number of fused-ring (bicyclic) bond motifs is 7. The average Bonchev–Trinajstić information content (AvgIpc) is 2.97. The molecule has 5 aliphatic rings. The van der Waals surface area contributed by atoms with Crippen LogP contribution in [0.5, 0.6) is 0 Å². The van der Waals surface area contributed by atoms with Gasteiger partial charge in [0.05, 0.1) is 21.5 Å². The van der Waals surface area contributed by atoms with E-state index in [1.807, 2.05) is 0 Å². The summed E-state index contributed by atoms with van der Waals surface area (Å²) in [5.74, 6) is 2.28. The van der Waals surface area contributed by atoms with Gasteiger partial charge >= 0.3 is 5.97 Å². The fourth-order valence-corrected chi connectivity index (χ4v) is 12.2. The molecule has 0 N–H and O–H groups in total. The number of rotatable bonds is 4. The quantitative estimate of drug-likeness (QED) is 0.143. The molecule has 6 rings (SSSR count). The van der Waals surface area contributed by atoms with E-state index in [0.29, 0.717) is 35.5 Å². The van der Waals surface area contributed by atoms with Gasteiger partial charge in [0.25, 0.3) is 11.4 Å². The molecule has 8 heteroatoms. The number of hydrogen-bond acceptors (Lipinski definition) is 6. The summed E-state index contributed by atoms with van der Waals surface area (Å²) in [4.78, 5) is 34.8. The number of esters is 1. The van der Waals surface area contributed by atoms with Crippen LogP contribution in [0.1, 0.15) is 124 Å². The number of ether oxygens (including phenoxy) is 1. The Balaban J connectivity index is 1.29. The Bertz CT molecular complexity index is 1440. The minimum Gasteiger partial charge on any atom is -0.458 e. The van der Waals surface area contributed by atoms with Gasteiger partial charge in [0.15, 0.2) is 0 Å². The Labute approximate surface area is 268 Å². The van der Waals surface area contributed by atoms with Gasteiger partial charge < -0.3 is 4.74 Å². The first-order valence-electron chi connectivity index (χ1n) is 17.2. The third-order valence-corrected chi connectivity index (χ3v) is 15.1. The SMILES string of the molecule is C[C@H]1[C@H](C)CC[C@@]2(C)CC[C@]3(C)C(=CC[C@@H]4[C@]5(C)CC[C@H](OC(=O)c6cc([N+](=O)[O-])cc([N+](=O)[O-])c6)C(C)(C)[C@@H]5CC[C@]43C)[C@@H]12. The van der Waals surface area contributed by atoms with E-state index in [9.17, 15) is 25.0 Å². The van der Waals surface area contributed by atoms with Crippen molar-refractivity contribution in [1.29, 1.82) is 0 Å². The molecule has 1 aromatic rings. The van der Waals surface area contributed by atoms with Crippen LogP contribution in [-0.2, 0) is 4.74 Å². The Kier molecular flexibility index (Phi) is 7.41. The van der Waals surface area contributed by atoms with Crippen molar-refractivity contribution in [3.8, 4) is 0 Å². The van der Waals surface area contributed by atoms with Crippen LogP contribution in [-0.4, -0.2) is 21.9 Å². The van der Waals surface area contributed by atoms with Crippen LogP contribution in [0.25, 0.3) is 0 Å². The number of carbonyl (C=O) groups is 1. The first kappa shape index (κ1) is 32.2. The Morgan fingerprint density at radius 2 is 1.47 bits per heavy atom. The molecule has 0 heterocycles. The predicted molar refractivity (Wildman–Crippen MR) is 174 cm³/mol. The first-order chi connectivity index (χ1) is 20.9. The van der Waals surface area contributed by atoms with Crippen molar-refractivity contribution in [1.82, 2.24) is 0 Å². The maximum atomic E-state index is 13.4. The van der Waals surface area contributed by atoms with Gasteiger partial charge in [-0.15, -0.1) is 0 Å². The minimum atomic E-state index is -0.733. The van der Waals surface area contributed by atoms with Gasteiger partial charge in [-0.25, -0.2) is 4.79 Å².